The molecule has 2 heterocycles. The summed E-state index contributed by atoms with van der Waals surface area (Å²) in [4.78, 5) is 6.86. The predicted octanol–water partition coefficient (Wildman–Crippen LogP) is 4.21. The summed E-state index contributed by atoms with van der Waals surface area (Å²) in [5, 5.41) is 10.5. The average molecular weight is 444 g/mol. The monoisotopic (exact) mass is 443 g/mol. The van der Waals surface area contributed by atoms with E-state index in [0.29, 0.717) is 18.4 Å². The van der Waals surface area contributed by atoms with Gasteiger partial charge in [-0.05, 0) is 65.3 Å². The first-order chi connectivity index (χ1) is 13.7. The Morgan fingerprint density at radius 2 is 1.96 bits per heavy atom. The van der Waals surface area contributed by atoms with Crippen LogP contribution in [0.4, 0.5) is 17.3 Å². The number of ether oxygens (including phenoxy) is 2. The SMILES string of the molecule is CCOc1ccc(-c2nc(Nc3ccc(N4CCOCC4)cc3)n[nH]2)cc1Br. The first-order valence-corrected chi connectivity index (χ1v) is 10.1. The van der Waals surface area contributed by atoms with Crippen molar-refractivity contribution in [2.75, 3.05) is 43.1 Å². The average Bonchev–Trinajstić information content (AvgIpc) is 3.19. The first kappa shape index (κ1) is 18.8. The Balaban J connectivity index is 1.44. The largest absolute Gasteiger partial charge is 0.493 e. The van der Waals surface area contributed by atoms with Crippen LogP contribution in [0.15, 0.2) is 46.9 Å². The highest BCUT2D eigenvalue weighted by atomic mass is 79.9. The van der Waals surface area contributed by atoms with Crippen molar-refractivity contribution in [1.82, 2.24) is 15.2 Å². The minimum atomic E-state index is 0.527. The third kappa shape index (κ3) is 4.28. The highest BCUT2D eigenvalue weighted by Crippen LogP contribution is 2.30. The minimum absolute atomic E-state index is 0.527. The van der Waals surface area contributed by atoms with Crippen molar-refractivity contribution in [3.63, 3.8) is 0 Å². The molecule has 0 aliphatic carbocycles. The first-order valence-electron chi connectivity index (χ1n) is 9.28. The van der Waals surface area contributed by atoms with Gasteiger partial charge in [0.15, 0.2) is 5.82 Å². The Morgan fingerprint density at radius 3 is 2.68 bits per heavy atom. The molecule has 0 bridgehead atoms. The maximum Gasteiger partial charge on any atom is 0.246 e. The summed E-state index contributed by atoms with van der Waals surface area (Å²) in [5.41, 5.74) is 3.07. The Kier molecular flexibility index (Phi) is 5.78. The third-order valence-electron chi connectivity index (χ3n) is 4.49. The van der Waals surface area contributed by atoms with Crippen molar-refractivity contribution in [3.8, 4) is 17.1 Å². The van der Waals surface area contributed by atoms with E-state index in [0.717, 1.165) is 47.8 Å². The van der Waals surface area contributed by atoms with Crippen LogP contribution in [-0.2, 0) is 4.74 Å². The van der Waals surface area contributed by atoms with Gasteiger partial charge in [0.2, 0.25) is 5.95 Å². The Hall–Kier alpha value is -2.58. The Labute approximate surface area is 172 Å². The number of anilines is 3. The molecular formula is C20H22BrN5O2. The highest BCUT2D eigenvalue weighted by Gasteiger charge is 2.12. The van der Waals surface area contributed by atoms with Crippen LogP contribution >= 0.6 is 15.9 Å². The highest BCUT2D eigenvalue weighted by molar-refractivity contribution is 9.10. The number of benzene rings is 2. The molecule has 1 fully saturated rings. The summed E-state index contributed by atoms with van der Waals surface area (Å²) in [7, 11) is 0. The van der Waals surface area contributed by atoms with Crippen LogP contribution in [0.3, 0.4) is 0 Å². The van der Waals surface area contributed by atoms with Crippen LogP contribution < -0.4 is 15.0 Å². The maximum absolute atomic E-state index is 5.55. The molecule has 0 spiro atoms. The minimum Gasteiger partial charge on any atom is -0.493 e. The number of hydrogen-bond acceptors (Lipinski definition) is 6. The fraction of sp³-hybridized carbons (Fsp3) is 0.300. The zero-order valence-corrected chi connectivity index (χ0v) is 17.2. The lowest BCUT2D eigenvalue weighted by molar-refractivity contribution is 0.122. The molecule has 2 N–H and O–H groups in total. The lowest BCUT2D eigenvalue weighted by atomic mass is 10.2. The Bertz CT molecular complexity index is 923. The lowest BCUT2D eigenvalue weighted by Gasteiger charge is -2.28. The predicted molar refractivity (Wildman–Crippen MR) is 113 cm³/mol. The normalized spacial score (nSPS) is 14.1. The van der Waals surface area contributed by atoms with Gasteiger partial charge in [0.1, 0.15) is 5.75 Å². The number of hydrogen-bond donors (Lipinski definition) is 2. The van der Waals surface area contributed by atoms with Crippen LogP contribution in [0.25, 0.3) is 11.4 Å². The molecule has 4 rings (SSSR count). The summed E-state index contributed by atoms with van der Waals surface area (Å²) in [6, 6.07) is 14.1. The smallest absolute Gasteiger partial charge is 0.246 e. The van der Waals surface area contributed by atoms with Crippen LogP contribution in [0, 0.1) is 0 Å². The molecule has 146 valence electrons. The topological polar surface area (TPSA) is 75.3 Å². The second kappa shape index (κ2) is 8.62. The lowest BCUT2D eigenvalue weighted by Crippen LogP contribution is -2.36. The van der Waals surface area contributed by atoms with Gasteiger partial charge in [-0.1, -0.05) is 0 Å². The van der Waals surface area contributed by atoms with E-state index in [1.165, 1.54) is 5.69 Å². The molecular weight excluding hydrogens is 422 g/mol. The zero-order valence-electron chi connectivity index (χ0n) is 15.6. The number of nitrogens with one attached hydrogen (secondary N) is 2. The van der Waals surface area contributed by atoms with Crippen molar-refractivity contribution in [3.05, 3.63) is 46.9 Å². The van der Waals surface area contributed by atoms with Crippen molar-refractivity contribution in [1.29, 1.82) is 0 Å². The molecule has 0 amide bonds. The molecule has 0 unspecified atom stereocenters. The molecule has 1 aliphatic rings. The van der Waals surface area contributed by atoms with E-state index in [1.54, 1.807) is 0 Å². The van der Waals surface area contributed by atoms with Crippen molar-refractivity contribution in [2.24, 2.45) is 0 Å². The molecule has 1 aromatic heterocycles. The van der Waals surface area contributed by atoms with Gasteiger partial charge in [0, 0.05) is 30.0 Å². The summed E-state index contributed by atoms with van der Waals surface area (Å²) < 4.78 is 11.8. The van der Waals surface area contributed by atoms with Gasteiger partial charge in [-0.3, -0.25) is 5.10 Å². The third-order valence-corrected chi connectivity index (χ3v) is 5.11. The van der Waals surface area contributed by atoms with E-state index in [2.05, 4.69) is 53.5 Å². The Morgan fingerprint density at radius 1 is 1.18 bits per heavy atom. The second-order valence-electron chi connectivity index (χ2n) is 6.36. The van der Waals surface area contributed by atoms with Crippen LogP contribution in [0.1, 0.15) is 6.92 Å². The maximum atomic E-state index is 5.55. The summed E-state index contributed by atoms with van der Waals surface area (Å²) >= 11 is 3.53. The van der Waals surface area contributed by atoms with Gasteiger partial charge in [0.25, 0.3) is 0 Å². The van der Waals surface area contributed by atoms with Gasteiger partial charge >= 0.3 is 0 Å². The van der Waals surface area contributed by atoms with Gasteiger partial charge in [-0.15, -0.1) is 5.10 Å². The number of nitrogens with zero attached hydrogens (tertiary/aromatic N) is 3. The van der Waals surface area contributed by atoms with E-state index >= 15 is 0 Å². The summed E-state index contributed by atoms with van der Waals surface area (Å²) in [6.07, 6.45) is 0. The molecule has 0 atom stereocenters. The molecule has 0 saturated carbocycles. The molecule has 1 aliphatic heterocycles. The molecule has 7 nitrogen and oxygen atoms in total. The van der Waals surface area contributed by atoms with E-state index in [1.807, 2.05) is 37.3 Å². The van der Waals surface area contributed by atoms with Gasteiger partial charge in [-0.25, -0.2) is 0 Å². The molecule has 8 heteroatoms. The van der Waals surface area contributed by atoms with Gasteiger partial charge in [0.05, 0.1) is 24.3 Å². The standard InChI is InChI=1S/C20H22BrN5O2/c1-2-28-18-8-3-14(13-17(18)21)19-23-20(25-24-19)22-15-4-6-16(7-5-15)26-9-11-27-12-10-26/h3-8,13H,2,9-12H2,1H3,(H2,22,23,24,25). The van der Waals surface area contributed by atoms with E-state index in [4.69, 9.17) is 9.47 Å². The number of aromatic nitrogens is 3. The van der Waals surface area contributed by atoms with Gasteiger partial charge in [-0.2, -0.15) is 4.98 Å². The van der Waals surface area contributed by atoms with Crippen molar-refractivity contribution in [2.45, 2.75) is 6.92 Å². The van der Waals surface area contributed by atoms with Crippen LogP contribution in [0.2, 0.25) is 0 Å². The summed E-state index contributed by atoms with van der Waals surface area (Å²) in [5.74, 6) is 2.03. The van der Waals surface area contributed by atoms with E-state index < -0.39 is 0 Å². The molecule has 0 radical (unpaired) electrons. The number of morpholine rings is 1. The summed E-state index contributed by atoms with van der Waals surface area (Å²) in [6.45, 7) is 5.99. The number of aromatic amines is 1. The zero-order chi connectivity index (χ0) is 19.3. The fourth-order valence-corrected chi connectivity index (χ4v) is 3.57. The molecule has 3 aromatic rings. The van der Waals surface area contributed by atoms with E-state index in [-0.39, 0.29) is 0 Å². The van der Waals surface area contributed by atoms with E-state index in [9.17, 15) is 0 Å². The number of H-pyrrole nitrogens is 1. The number of rotatable bonds is 6. The molecule has 2 aromatic carbocycles. The van der Waals surface area contributed by atoms with Crippen molar-refractivity contribution >= 4 is 33.3 Å². The fourth-order valence-electron chi connectivity index (χ4n) is 3.07. The molecule has 28 heavy (non-hydrogen) atoms. The second-order valence-corrected chi connectivity index (χ2v) is 7.21. The molecule has 1 saturated heterocycles. The quantitative estimate of drug-likeness (QED) is 0.593. The van der Waals surface area contributed by atoms with Crippen LogP contribution in [-0.4, -0.2) is 48.1 Å². The van der Waals surface area contributed by atoms with Crippen molar-refractivity contribution < 1.29 is 9.47 Å². The number of halogens is 1. The van der Waals surface area contributed by atoms with Crippen LogP contribution in [0.5, 0.6) is 5.75 Å². The van der Waals surface area contributed by atoms with Gasteiger partial charge < -0.3 is 19.7 Å².